The molecule has 1 saturated heterocycles. The molecule has 2 heterocycles. The average molecular weight is 340 g/mol. The number of hydrogen-bond donors (Lipinski definition) is 1. The molecule has 1 aromatic carbocycles. The van der Waals surface area contributed by atoms with Crippen molar-refractivity contribution in [1.82, 2.24) is 15.1 Å². The van der Waals surface area contributed by atoms with Crippen LogP contribution in [-0.2, 0) is 11.2 Å². The lowest BCUT2D eigenvalue weighted by Gasteiger charge is -2.41. The second-order valence-corrected chi connectivity index (χ2v) is 7.14. The minimum Gasteiger partial charge on any atom is -0.368 e. The highest BCUT2D eigenvalue weighted by Gasteiger charge is 2.27. The van der Waals surface area contributed by atoms with Crippen LogP contribution in [0, 0.1) is 20.8 Å². The molecule has 5 heteroatoms. The third-order valence-electron chi connectivity index (χ3n) is 5.28. The Balaban J connectivity index is 1.56. The van der Waals surface area contributed by atoms with Crippen LogP contribution in [0.5, 0.6) is 0 Å². The fourth-order valence-corrected chi connectivity index (χ4v) is 3.47. The van der Waals surface area contributed by atoms with Gasteiger partial charge < -0.3 is 9.80 Å². The molecule has 0 radical (unpaired) electrons. The monoisotopic (exact) mass is 340 g/mol. The SMILES string of the molecule is Cc1ccc(N2CCN(C(=O)CCc3n[nH]c(C)c3C)[C@H](C)C2)cc1. The second-order valence-electron chi connectivity index (χ2n) is 7.14. The van der Waals surface area contributed by atoms with E-state index in [1.54, 1.807) is 0 Å². The number of aromatic nitrogens is 2. The normalized spacial score (nSPS) is 17.8. The van der Waals surface area contributed by atoms with E-state index in [1.807, 2.05) is 11.8 Å². The number of carbonyl (C=O) groups excluding carboxylic acids is 1. The zero-order chi connectivity index (χ0) is 18.0. The molecule has 2 aromatic rings. The van der Waals surface area contributed by atoms with Gasteiger partial charge >= 0.3 is 0 Å². The van der Waals surface area contributed by atoms with Crippen molar-refractivity contribution < 1.29 is 4.79 Å². The standard InChI is InChI=1S/C20H28N4O/c1-14-5-7-18(8-6-14)23-11-12-24(15(2)13-23)20(25)10-9-19-16(3)17(4)21-22-19/h5-8,15H,9-13H2,1-4H3,(H,21,22)/t15-/m1/s1. The number of nitrogens with one attached hydrogen (secondary N) is 1. The van der Waals surface area contributed by atoms with Crippen LogP contribution >= 0.6 is 0 Å². The van der Waals surface area contributed by atoms with E-state index in [4.69, 9.17) is 0 Å². The van der Waals surface area contributed by atoms with E-state index in [0.29, 0.717) is 12.8 Å². The van der Waals surface area contributed by atoms with E-state index >= 15 is 0 Å². The molecule has 25 heavy (non-hydrogen) atoms. The zero-order valence-corrected chi connectivity index (χ0v) is 15.7. The summed E-state index contributed by atoms with van der Waals surface area (Å²) in [5.74, 6) is 0.233. The van der Waals surface area contributed by atoms with Crippen molar-refractivity contribution in [2.24, 2.45) is 0 Å². The molecule has 1 amide bonds. The van der Waals surface area contributed by atoms with Crippen LogP contribution in [0.4, 0.5) is 5.69 Å². The fraction of sp³-hybridized carbons (Fsp3) is 0.500. The van der Waals surface area contributed by atoms with Crippen molar-refractivity contribution >= 4 is 11.6 Å². The van der Waals surface area contributed by atoms with E-state index < -0.39 is 0 Å². The number of nitrogens with zero attached hydrogens (tertiary/aromatic N) is 3. The van der Waals surface area contributed by atoms with Crippen molar-refractivity contribution in [3.63, 3.8) is 0 Å². The minimum absolute atomic E-state index is 0.226. The summed E-state index contributed by atoms with van der Waals surface area (Å²) in [5.41, 5.74) is 5.78. The predicted octanol–water partition coefficient (Wildman–Crippen LogP) is 3.00. The van der Waals surface area contributed by atoms with Crippen molar-refractivity contribution in [3.05, 3.63) is 46.8 Å². The Morgan fingerprint density at radius 1 is 1.20 bits per heavy atom. The number of amides is 1. The van der Waals surface area contributed by atoms with Gasteiger partial charge in [0.05, 0.1) is 5.69 Å². The van der Waals surface area contributed by atoms with E-state index in [0.717, 1.165) is 31.0 Å². The molecular formula is C20H28N4O. The first-order valence-electron chi connectivity index (χ1n) is 9.07. The number of aryl methyl sites for hydroxylation is 3. The van der Waals surface area contributed by atoms with Gasteiger partial charge in [0.15, 0.2) is 0 Å². The van der Waals surface area contributed by atoms with Gasteiger partial charge in [-0.05, 0) is 45.4 Å². The first-order chi connectivity index (χ1) is 12.0. The third kappa shape index (κ3) is 3.86. The Kier molecular flexibility index (Phi) is 5.11. The van der Waals surface area contributed by atoms with Crippen molar-refractivity contribution in [1.29, 1.82) is 0 Å². The van der Waals surface area contributed by atoms with Crippen LogP contribution in [0.25, 0.3) is 0 Å². The summed E-state index contributed by atoms with van der Waals surface area (Å²) in [7, 11) is 0. The maximum absolute atomic E-state index is 12.7. The molecule has 0 bridgehead atoms. The van der Waals surface area contributed by atoms with Gasteiger partial charge in [-0.15, -0.1) is 0 Å². The summed E-state index contributed by atoms with van der Waals surface area (Å²) in [6.07, 6.45) is 1.24. The molecule has 1 atom stereocenters. The summed E-state index contributed by atoms with van der Waals surface area (Å²) < 4.78 is 0. The summed E-state index contributed by atoms with van der Waals surface area (Å²) in [4.78, 5) is 17.1. The van der Waals surface area contributed by atoms with Gasteiger partial charge in [0, 0.05) is 49.9 Å². The smallest absolute Gasteiger partial charge is 0.223 e. The predicted molar refractivity (Wildman–Crippen MR) is 101 cm³/mol. The lowest BCUT2D eigenvalue weighted by atomic mass is 10.1. The molecule has 0 unspecified atom stereocenters. The van der Waals surface area contributed by atoms with E-state index in [1.165, 1.54) is 16.8 Å². The molecule has 1 aliphatic heterocycles. The van der Waals surface area contributed by atoms with Crippen LogP contribution in [0.2, 0.25) is 0 Å². The number of H-pyrrole nitrogens is 1. The highest BCUT2D eigenvalue weighted by atomic mass is 16.2. The van der Waals surface area contributed by atoms with Gasteiger partial charge in [-0.3, -0.25) is 9.89 Å². The lowest BCUT2D eigenvalue weighted by molar-refractivity contribution is -0.133. The summed E-state index contributed by atoms with van der Waals surface area (Å²) in [6.45, 7) is 10.9. The van der Waals surface area contributed by atoms with Crippen LogP contribution in [0.3, 0.4) is 0 Å². The van der Waals surface area contributed by atoms with Crippen molar-refractivity contribution in [2.45, 2.75) is 46.6 Å². The number of anilines is 1. The lowest BCUT2D eigenvalue weighted by Crippen LogP contribution is -2.54. The minimum atomic E-state index is 0.226. The molecule has 134 valence electrons. The van der Waals surface area contributed by atoms with Crippen molar-refractivity contribution in [3.8, 4) is 0 Å². The molecule has 0 saturated carbocycles. The van der Waals surface area contributed by atoms with Crippen LogP contribution in [0.15, 0.2) is 24.3 Å². The third-order valence-corrected chi connectivity index (χ3v) is 5.28. The molecule has 1 N–H and O–H groups in total. The molecule has 0 aliphatic carbocycles. The van der Waals surface area contributed by atoms with Gasteiger partial charge in [0.25, 0.3) is 0 Å². The Morgan fingerprint density at radius 2 is 1.92 bits per heavy atom. The number of aromatic amines is 1. The van der Waals surface area contributed by atoms with Crippen LogP contribution < -0.4 is 4.90 Å². The van der Waals surface area contributed by atoms with Gasteiger partial charge in [-0.25, -0.2) is 0 Å². The zero-order valence-electron chi connectivity index (χ0n) is 15.7. The number of piperazine rings is 1. The number of rotatable bonds is 4. The number of benzene rings is 1. The Hall–Kier alpha value is -2.30. The van der Waals surface area contributed by atoms with Crippen molar-refractivity contribution in [2.75, 3.05) is 24.5 Å². The van der Waals surface area contributed by atoms with Crippen LogP contribution in [-0.4, -0.2) is 46.7 Å². The van der Waals surface area contributed by atoms with Gasteiger partial charge in [0.2, 0.25) is 5.91 Å². The largest absolute Gasteiger partial charge is 0.368 e. The summed E-state index contributed by atoms with van der Waals surface area (Å²) >= 11 is 0. The molecule has 1 aliphatic rings. The quantitative estimate of drug-likeness (QED) is 0.931. The van der Waals surface area contributed by atoms with Gasteiger partial charge in [-0.2, -0.15) is 5.10 Å². The van der Waals surface area contributed by atoms with Gasteiger partial charge in [-0.1, -0.05) is 17.7 Å². The summed E-state index contributed by atoms with van der Waals surface area (Å²) in [6, 6.07) is 8.85. The summed E-state index contributed by atoms with van der Waals surface area (Å²) in [5, 5.41) is 7.30. The number of hydrogen-bond acceptors (Lipinski definition) is 3. The molecule has 1 aromatic heterocycles. The Bertz CT molecular complexity index is 735. The first kappa shape index (κ1) is 17.5. The fourth-order valence-electron chi connectivity index (χ4n) is 3.47. The van der Waals surface area contributed by atoms with E-state index in [-0.39, 0.29) is 11.9 Å². The average Bonchev–Trinajstić information content (AvgIpc) is 2.92. The molecular weight excluding hydrogens is 312 g/mol. The molecule has 0 spiro atoms. The second kappa shape index (κ2) is 7.30. The molecule has 5 nitrogen and oxygen atoms in total. The highest BCUT2D eigenvalue weighted by Crippen LogP contribution is 2.21. The Labute approximate surface area is 150 Å². The van der Waals surface area contributed by atoms with E-state index in [9.17, 15) is 4.79 Å². The molecule has 1 fully saturated rings. The topological polar surface area (TPSA) is 52.2 Å². The van der Waals surface area contributed by atoms with Gasteiger partial charge in [0.1, 0.15) is 0 Å². The molecule has 3 rings (SSSR count). The first-order valence-corrected chi connectivity index (χ1v) is 9.07. The Morgan fingerprint density at radius 3 is 2.52 bits per heavy atom. The highest BCUT2D eigenvalue weighted by molar-refractivity contribution is 5.77. The maximum Gasteiger partial charge on any atom is 0.223 e. The van der Waals surface area contributed by atoms with E-state index in [2.05, 4.69) is 60.1 Å². The maximum atomic E-state index is 12.7. The number of carbonyl (C=O) groups is 1. The van der Waals surface area contributed by atoms with Crippen LogP contribution in [0.1, 0.15) is 35.9 Å².